The van der Waals surface area contributed by atoms with Crippen molar-refractivity contribution < 1.29 is 35.3 Å². The van der Waals surface area contributed by atoms with Crippen LogP contribution in [0.4, 0.5) is 13.2 Å². The number of methoxy groups -OCH3 is 1. The van der Waals surface area contributed by atoms with Gasteiger partial charge < -0.3 is 8.92 Å². The molecule has 0 amide bonds. The smallest absolute Gasteiger partial charge is 0.466 e. The van der Waals surface area contributed by atoms with Crippen molar-refractivity contribution in [1.82, 2.24) is 0 Å². The zero-order chi connectivity index (χ0) is 14.0. The number of esters is 1. The van der Waals surface area contributed by atoms with E-state index in [-0.39, 0.29) is 17.7 Å². The number of hydrogen-bond acceptors (Lipinski definition) is 6. The van der Waals surface area contributed by atoms with Crippen molar-refractivity contribution >= 4 is 27.8 Å². The number of rotatable bonds is 3. The summed E-state index contributed by atoms with van der Waals surface area (Å²) in [5.41, 5.74) is -5.71. The van der Waals surface area contributed by atoms with Gasteiger partial charge in [-0.05, 0) is 0 Å². The molecule has 0 aliphatic carbocycles. The molecule has 0 atom stereocenters. The van der Waals surface area contributed by atoms with E-state index in [1.165, 1.54) is 11.8 Å². The van der Waals surface area contributed by atoms with Gasteiger partial charge in [0.25, 0.3) is 0 Å². The summed E-state index contributed by atoms with van der Waals surface area (Å²) in [4.78, 5) is 11.3. The average molecular weight is 306 g/mol. The lowest BCUT2D eigenvalue weighted by Crippen LogP contribution is -2.27. The van der Waals surface area contributed by atoms with Crippen LogP contribution < -0.4 is 0 Å². The number of halogens is 3. The zero-order valence-electron chi connectivity index (χ0n) is 9.11. The molecule has 0 bridgehead atoms. The Labute approximate surface area is 105 Å². The fraction of sp³-hybridized carbons (Fsp3) is 0.625. The summed E-state index contributed by atoms with van der Waals surface area (Å²) >= 11 is 1.27. The van der Waals surface area contributed by atoms with Crippen molar-refractivity contribution in [2.45, 2.75) is 11.9 Å². The highest BCUT2D eigenvalue weighted by atomic mass is 32.2. The second-order valence-electron chi connectivity index (χ2n) is 3.18. The first-order valence-corrected chi connectivity index (χ1v) is 7.14. The maximum absolute atomic E-state index is 12.1. The SMILES string of the molecule is COC(=O)C1=C(OS(=O)(=O)C(F)(F)F)CCSC1. The van der Waals surface area contributed by atoms with E-state index in [9.17, 15) is 26.4 Å². The van der Waals surface area contributed by atoms with Crippen molar-refractivity contribution in [3.8, 4) is 0 Å². The predicted octanol–water partition coefficient (Wildman–Crippen LogP) is 1.42. The summed E-state index contributed by atoms with van der Waals surface area (Å²) in [7, 11) is -4.70. The number of allylic oxidation sites excluding steroid dienone is 1. The van der Waals surface area contributed by atoms with E-state index in [0.717, 1.165) is 7.11 Å². The Morgan fingerprint density at radius 3 is 2.50 bits per heavy atom. The molecule has 0 saturated heterocycles. The van der Waals surface area contributed by atoms with Crippen LogP contribution in [0.5, 0.6) is 0 Å². The van der Waals surface area contributed by atoms with Crippen LogP contribution in [0.1, 0.15) is 6.42 Å². The van der Waals surface area contributed by atoms with Gasteiger partial charge in [0.15, 0.2) is 0 Å². The molecule has 0 radical (unpaired) electrons. The third-order valence-electron chi connectivity index (χ3n) is 1.98. The van der Waals surface area contributed by atoms with Crippen LogP contribution >= 0.6 is 11.8 Å². The van der Waals surface area contributed by atoms with Crippen molar-refractivity contribution in [2.75, 3.05) is 18.6 Å². The molecule has 104 valence electrons. The minimum Gasteiger partial charge on any atom is -0.466 e. The van der Waals surface area contributed by atoms with Crippen LogP contribution in [0.15, 0.2) is 11.3 Å². The predicted molar refractivity (Wildman–Crippen MR) is 57.0 cm³/mol. The second-order valence-corrected chi connectivity index (χ2v) is 5.82. The molecule has 0 aromatic heterocycles. The Balaban J connectivity index is 3.06. The quantitative estimate of drug-likeness (QED) is 0.446. The highest BCUT2D eigenvalue weighted by Gasteiger charge is 2.49. The van der Waals surface area contributed by atoms with Gasteiger partial charge in [-0.1, -0.05) is 0 Å². The van der Waals surface area contributed by atoms with Crippen LogP contribution in [-0.4, -0.2) is 38.5 Å². The van der Waals surface area contributed by atoms with Crippen molar-refractivity contribution in [1.29, 1.82) is 0 Å². The van der Waals surface area contributed by atoms with E-state index in [4.69, 9.17) is 0 Å². The molecule has 0 aromatic rings. The van der Waals surface area contributed by atoms with E-state index in [1.807, 2.05) is 0 Å². The number of hydrogen-bond donors (Lipinski definition) is 0. The van der Waals surface area contributed by atoms with E-state index in [0.29, 0.717) is 5.75 Å². The van der Waals surface area contributed by atoms with Gasteiger partial charge in [-0.3, -0.25) is 0 Å². The van der Waals surface area contributed by atoms with Gasteiger partial charge in [-0.2, -0.15) is 33.4 Å². The first kappa shape index (κ1) is 15.2. The van der Waals surface area contributed by atoms with Crippen LogP contribution in [0.25, 0.3) is 0 Å². The molecule has 0 N–H and O–H groups in total. The molecular weight excluding hydrogens is 297 g/mol. The van der Waals surface area contributed by atoms with Gasteiger partial charge in [-0.25, -0.2) is 4.79 Å². The molecule has 0 aromatic carbocycles. The third kappa shape index (κ3) is 3.31. The fourth-order valence-electron chi connectivity index (χ4n) is 1.14. The molecular formula is C8H9F3O5S2. The minimum atomic E-state index is -5.75. The summed E-state index contributed by atoms with van der Waals surface area (Å²) in [6.45, 7) is 0. The topological polar surface area (TPSA) is 69.7 Å². The number of carbonyl (C=O) groups excluding carboxylic acids is 1. The number of ether oxygens (including phenoxy) is 1. The molecule has 1 rings (SSSR count). The van der Waals surface area contributed by atoms with E-state index in [2.05, 4.69) is 8.92 Å². The molecule has 0 unspecified atom stereocenters. The summed E-state index contributed by atoms with van der Waals surface area (Å²) < 4.78 is 66.4. The molecule has 1 aliphatic heterocycles. The largest absolute Gasteiger partial charge is 0.534 e. The Morgan fingerprint density at radius 2 is 2.00 bits per heavy atom. The standard InChI is InChI=1S/C8H9F3O5S2/c1-15-7(12)5-4-17-3-2-6(5)16-18(13,14)8(9,10)11/h2-4H2,1H3. The Bertz CT molecular complexity index is 466. The molecule has 18 heavy (non-hydrogen) atoms. The molecule has 10 heteroatoms. The minimum absolute atomic E-state index is 0.0510. The monoisotopic (exact) mass is 306 g/mol. The fourth-order valence-corrected chi connectivity index (χ4v) is 2.64. The van der Waals surface area contributed by atoms with Crippen LogP contribution in [0.2, 0.25) is 0 Å². The van der Waals surface area contributed by atoms with Gasteiger partial charge in [0, 0.05) is 17.9 Å². The van der Waals surface area contributed by atoms with E-state index >= 15 is 0 Å². The molecule has 0 fully saturated rings. The van der Waals surface area contributed by atoms with Gasteiger partial charge >= 0.3 is 21.6 Å². The second kappa shape index (κ2) is 5.39. The highest BCUT2D eigenvalue weighted by Crippen LogP contribution is 2.32. The van der Waals surface area contributed by atoms with Gasteiger partial charge in [-0.15, -0.1) is 0 Å². The summed E-state index contributed by atoms with van der Waals surface area (Å²) in [5.74, 6) is -0.981. The van der Waals surface area contributed by atoms with Gasteiger partial charge in [0.1, 0.15) is 5.76 Å². The maximum Gasteiger partial charge on any atom is 0.534 e. The van der Waals surface area contributed by atoms with Gasteiger partial charge in [0.2, 0.25) is 0 Å². The third-order valence-corrected chi connectivity index (χ3v) is 3.96. The van der Waals surface area contributed by atoms with Crippen LogP contribution in [-0.2, 0) is 23.8 Å². The summed E-state index contributed by atoms with van der Waals surface area (Å²) in [6, 6.07) is 0. The maximum atomic E-state index is 12.1. The lowest BCUT2D eigenvalue weighted by molar-refractivity contribution is -0.136. The first-order chi connectivity index (χ1) is 8.19. The summed E-state index contributed by atoms with van der Waals surface area (Å²) in [5, 5.41) is 0. The number of alkyl halides is 3. The van der Waals surface area contributed by atoms with Crippen LogP contribution in [0, 0.1) is 0 Å². The highest BCUT2D eigenvalue weighted by molar-refractivity contribution is 7.99. The first-order valence-electron chi connectivity index (χ1n) is 4.58. The average Bonchev–Trinajstić information content (AvgIpc) is 2.26. The normalized spacial score (nSPS) is 17.6. The number of carbonyl (C=O) groups is 1. The van der Waals surface area contributed by atoms with E-state index < -0.39 is 27.4 Å². The molecule has 5 nitrogen and oxygen atoms in total. The lowest BCUT2D eigenvalue weighted by Gasteiger charge is -2.19. The zero-order valence-corrected chi connectivity index (χ0v) is 10.7. The van der Waals surface area contributed by atoms with Gasteiger partial charge in [0.05, 0.1) is 12.7 Å². The number of thioether (sulfide) groups is 1. The van der Waals surface area contributed by atoms with Crippen molar-refractivity contribution in [3.63, 3.8) is 0 Å². The Hall–Kier alpha value is -0.900. The van der Waals surface area contributed by atoms with Crippen LogP contribution in [0.3, 0.4) is 0 Å². The van der Waals surface area contributed by atoms with E-state index in [1.54, 1.807) is 0 Å². The molecule has 1 heterocycles. The van der Waals surface area contributed by atoms with Crippen molar-refractivity contribution in [3.05, 3.63) is 11.3 Å². The molecule has 1 aliphatic rings. The Morgan fingerprint density at radius 1 is 1.39 bits per heavy atom. The summed E-state index contributed by atoms with van der Waals surface area (Å²) in [6.07, 6.45) is -0.0790. The molecule has 0 saturated carbocycles. The Kier molecular flexibility index (Phi) is 4.54. The van der Waals surface area contributed by atoms with Crippen molar-refractivity contribution in [2.24, 2.45) is 0 Å². The molecule has 0 spiro atoms. The lowest BCUT2D eigenvalue weighted by atomic mass is 10.2.